The van der Waals surface area contributed by atoms with Crippen LogP contribution < -0.4 is 22.9 Å². The lowest BCUT2D eigenvalue weighted by atomic mass is 9.87. The van der Waals surface area contributed by atoms with E-state index >= 15 is 0 Å². The predicted molar refractivity (Wildman–Crippen MR) is 128 cm³/mol. The number of carbonyl (C=O) groups is 1. The number of fused-ring (bicyclic) bond motifs is 1. The van der Waals surface area contributed by atoms with Crippen LogP contribution in [0.4, 0.5) is 0 Å². The summed E-state index contributed by atoms with van der Waals surface area (Å²) in [6, 6.07) is 8.66. The van der Waals surface area contributed by atoms with Gasteiger partial charge in [-0.25, -0.2) is 0 Å². The van der Waals surface area contributed by atoms with Gasteiger partial charge in [0.15, 0.2) is 5.49 Å². The number of nitrogens with zero attached hydrogens (tertiary/aromatic N) is 3. The summed E-state index contributed by atoms with van der Waals surface area (Å²) in [4.78, 5) is 17.0. The number of hydrogen-bond acceptors (Lipinski definition) is 5. The van der Waals surface area contributed by atoms with Crippen LogP contribution in [0.5, 0.6) is 0 Å². The number of aryl methyl sites for hydroxylation is 1. The van der Waals surface area contributed by atoms with Crippen LogP contribution in [0.2, 0.25) is 0 Å². The quantitative estimate of drug-likeness (QED) is 0.361. The van der Waals surface area contributed by atoms with Crippen molar-refractivity contribution in [2.24, 2.45) is 16.7 Å². The molecule has 2 aromatic heterocycles. The second-order valence-electron chi connectivity index (χ2n) is 9.15. The number of aromatic amines is 1. The van der Waals surface area contributed by atoms with E-state index in [-0.39, 0.29) is 5.91 Å². The number of amides is 1. The summed E-state index contributed by atoms with van der Waals surface area (Å²) in [6.07, 6.45) is 3.94. The zero-order chi connectivity index (χ0) is 23.0. The Kier molecular flexibility index (Phi) is 5.97. The van der Waals surface area contributed by atoms with E-state index in [0.29, 0.717) is 23.9 Å². The molecule has 1 aliphatic rings. The highest BCUT2D eigenvalue weighted by Crippen LogP contribution is 2.38. The van der Waals surface area contributed by atoms with Crippen molar-refractivity contribution in [3.63, 3.8) is 0 Å². The first-order chi connectivity index (χ1) is 15.3. The number of nitrogens with one attached hydrogen (secondary N) is 1. The van der Waals surface area contributed by atoms with Gasteiger partial charge in [0.1, 0.15) is 0 Å². The molecule has 32 heavy (non-hydrogen) atoms. The minimum atomic E-state index is -0.256. The molecule has 0 saturated carbocycles. The second kappa shape index (κ2) is 8.70. The van der Waals surface area contributed by atoms with Crippen LogP contribution in [0.3, 0.4) is 0 Å². The first-order valence-corrected chi connectivity index (χ1v) is 11.2. The number of primary amides is 1. The molecule has 3 heterocycles. The van der Waals surface area contributed by atoms with Crippen molar-refractivity contribution in [3.8, 4) is 11.3 Å². The molecule has 1 amide bonds. The summed E-state index contributed by atoms with van der Waals surface area (Å²) in [5.74, 6) is 12.1. The Labute approximate surface area is 188 Å². The fourth-order valence-corrected chi connectivity index (χ4v) is 4.96. The minimum absolute atomic E-state index is 0.256. The Morgan fingerprint density at radius 3 is 2.59 bits per heavy atom. The predicted octanol–water partition coefficient (Wildman–Crippen LogP) is 2.22. The smallest absolute Gasteiger partial charge is 0.231 e. The van der Waals surface area contributed by atoms with E-state index in [2.05, 4.69) is 47.0 Å². The highest BCUT2D eigenvalue weighted by Gasteiger charge is 2.23. The van der Waals surface area contributed by atoms with Crippen molar-refractivity contribution in [1.29, 1.82) is 0 Å². The number of piperidine rings is 1. The summed E-state index contributed by atoms with van der Waals surface area (Å²) in [5.41, 5.74) is 12.8. The average Bonchev–Trinajstić information content (AvgIpc) is 3.13. The molecule has 4 rings (SSSR count). The molecular weight excluding hydrogens is 402 g/mol. The zero-order valence-electron chi connectivity index (χ0n) is 19.1. The maximum Gasteiger partial charge on any atom is 0.231 e. The van der Waals surface area contributed by atoms with E-state index in [1.807, 2.05) is 19.2 Å². The van der Waals surface area contributed by atoms with Gasteiger partial charge in [0.05, 0.1) is 12.2 Å². The summed E-state index contributed by atoms with van der Waals surface area (Å²) in [7, 11) is 0. The van der Waals surface area contributed by atoms with E-state index in [1.54, 1.807) is 0 Å². The summed E-state index contributed by atoms with van der Waals surface area (Å²) >= 11 is 0. The van der Waals surface area contributed by atoms with E-state index in [9.17, 15) is 4.79 Å². The molecule has 0 radical (unpaired) electrons. The van der Waals surface area contributed by atoms with Crippen molar-refractivity contribution in [2.45, 2.75) is 45.4 Å². The van der Waals surface area contributed by atoms with Gasteiger partial charge in [0.2, 0.25) is 5.91 Å². The van der Waals surface area contributed by atoms with Gasteiger partial charge in [-0.3, -0.25) is 14.4 Å². The van der Waals surface area contributed by atoms with E-state index in [4.69, 9.17) is 17.4 Å². The number of rotatable bonds is 5. The number of carbonyl (C=O) groups excluding carboxylic acids is 1. The van der Waals surface area contributed by atoms with Gasteiger partial charge in [-0.05, 0) is 79.6 Å². The van der Waals surface area contributed by atoms with Crippen molar-refractivity contribution in [3.05, 3.63) is 52.6 Å². The number of H-pyrrole nitrogens is 1. The van der Waals surface area contributed by atoms with Crippen molar-refractivity contribution >= 4 is 16.8 Å². The molecule has 170 valence electrons. The fraction of sp³-hybridized carbons (Fsp3) is 0.417. The lowest BCUT2D eigenvalue weighted by Crippen LogP contribution is -2.39. The molecule has 0 unspecified atom stereocenters. The van der Waals surface area contributed by atoms with Gasteiger partial charge in [0.25, 0.3) is 0 Å². The number of benzene rings is 1. The molecular formula is C24H33N7O. The van der Waals surface area contributed by atoms with Crippen molar-refractivity contribution in [2.75, 3.05) is 25.5 Å². The topological polar surface area (TPSA) is 131 Å². The van der Waals surface area contributed by atoms with E-state index < -0.39 is 0 Å². The van der Waals surface area contributed by atoms with Crippen molar-refractivity contribution in [1.82, 2.24) is 14.6 Å². The summed E-state index contributed by atoms with van der Waals surface area (Å²) in [5, 5.41) is 5.00. The van der Waals surface area contributed by atoms with E-state index in [0.717, 1.165) is 48.3 Å². The van der Waals surface area contributed by atoms with Gasteiger partial charge in [-0.1, -0.05) is 19.9 Å². The first kappa shape index (κ1) is 22.0. The normalized spacial score (nSPS) is 16.3. The van der Waals surface area contributed by atoms with Crippen LogP contribution >= 0.6 is 0 Å². The van der Waals surface area contributed by atoms with Gasteiger partial charge >= 0.3 is 0 Å². The average molecular weight is 436 g/mol. The van der Waals surface area contributed by atoms with Crippen LogP contribution in [0.25, 0.3) is 22.2 Å². The minimum Gasteiger partial charge on any atom is -0.369 e. The maximum atomic E-state index is 11.2. The zero-order valence-corrected chi connectivity index (χ0v) is 19.1. The Hall–Kier alpha value is -3.26. The third-order valence-corrected chi connectivity index (χ3v) is 6.58. The van der Waals surface area contributed by atoms with Gasteiger partial charge in [0, 0.05) is 22.7 Å². The monoisotopic (exact) mass is 435 g/mol. The van der Waals surface area contributed by atoms with Crippen LogP contribution in [-0.2, 0) is 4.79 Å². The summed E-state index contributed by atoms with van der Waals surface area (Å²) in [6.45, 7) is 8.63. The molecule has 0 bridgehead atoms. The molecule has 3 aromatic rings. The number of hydrogen-bond donors (Lipinski definition) is 4. The number of aromatic nitrogens is 2. The van der Waals surface area contributed by atoms with Gasteiger partial charge in [-0.15, -0.1) is 0 Å². The number of nitrogens with two attached hydrogens (primary N) is 3. The molecule has 8 nitrogen and oxygen atoms in total. The number of nitrogen functional groups attached to an aromatic ring is 1. The molecule has 1 saturated heterocycles. The Morgan fingerprint density at radius 1 is 1.25 bits per heavy atom. The third kappa shape index (κ3) is 4.10. The second-order valence-corrected chi connectivity index (χ2v) is 9.15. The largest absolute Gasteiger partial charge is 0.369 e. The van der Waals surface area contributed by atoms with Crippen LogP contribution in [0.15, 0.2) is 35.6 Å². The van der Waals surface area contributed by atoms with Crippen LogP contribution in [-0.4, -0.2) is 40.1 Å². The molecule has 0 atom stereocenters. The number of likely N-dealkylation sites (tertiary alicyclic amines) is 1. The Bertz CT molecular complexity index is 1210. The lowest BCUT2D eigenvalue weighted by molar-refractivity contribution is -0.119. The SMILES string of the molecule is Cc1c/c(=N/N)n(N)cc1-c1[nH]c2ccc(C3CCN(CC(N)=O)CC3)cc2c1C(C)C. The number of pyridine rings is 1. The summed E-state index contributed by atoms with van der Waals surface area (Å²) < 4.78 is 1.46. The molecule has 8 heteroatoms. The van der Waals surface area contributed by atoms with E-state index in [1.165, 1.54) is 21.2 Å². The first-order valence-electron chi connectivity index (χ1n) is 11.2. The third-order valence-electron chi connectivity index (χ3n) is 6.58. The molecule has 1 aliphatic heterocycles. The van der Waals surface area contributed by atoms with Gasteiger partial charge < -0.3 is 22.4 Å². The highest BCUT2D eigenvalue weighted by atomic mass is 16.1. The molecule has 7 N–H and O–H groups in total. The highest BCUT2D eigenvalue weighted by molar-refractivity contribution is 5.92. The molecule has 0 aliphatic carbocycles. The molecule has 1 aromatic carbocycles. The standard InChI is InChI=1S/C24H33N7O/c1-14(2)23-18-11-17(16-6-8-30(9-7-16)13-21(25)32)4-5-20(18)28-24(23)19-12-31(27)22(29-26)10-15(19)3/h4-5,10-12,14,16,28H,6-9,13,26-27H2,1-3H3,(H2,25,32)/b29-22-. The Morgan fingerprint density at radius 2 is 1.97 bits per heavy atom. The van der Waals surface area contributed by atoms with Crippen LogP contribution in [0.1, 0.15) is 55.2 Å². The van der Waals surface area contributed by atoms with Crippen LogP contribution in [0, 0.1) is 6.92 Å². The van der Waals surface area contributed by atoms with Gasteiger partial charge in [-0.2, -0.15) is 5.10 Å². The molecule has 1 fully saturated rings. The Balaban J connectivity index is 1.73. The fourth-order valence-electron chi connectivity index (χ4n) is 4.96. The lowest BCUT2D eigenvalue weighted by Gasteiger charge is -2.31. The molecule has 0 spiro atoms. The van der Waals surface area contributed by atoms with Crippen molar-refractivity contribution < 1.29 is 4.79 Å². The maximum absolute atomic E-state index is 11.2.